The number of ether oxygens (including phenoxy) is 2. The van der Waals surface area contributed by atoms with Crippen molar-refractivity contribution in [3.63, 3.8) is 0 Å². The number of carbonyl (C=O) groups excluding carboxylic acids is 2. The first-order valence-corrected chi connectivity index (χ1v) is 13.1. The van der Waals surface area contributed by atoms with Crippen LogP contribution in [0.15, 0.2) is 33.9 Å². The Morgan fingerprint density at radius 3 is 1.40 bits per heavy atom. The molecule has 4 rings (SSSR count). The standard InChI is InChI=1S/C28H26BN8O8/c1-27(2,3)42-25(40)21-17-9-15(7-13(11-30)19(17)23(38)36(32)34-21)44-29-45-16-8-14(12-31)20-18(10-16)22(35-37(33)24(20)39)26(41)43-28(4,5)6/h7-10H,32-33H2,1-6H3. The van der Waals surface area contributed by atoms with Crippen molar-refractivity contribution in [1.29, 1.82) is 10.5 Å². The summed E-state index contributed by atoms with van der Waals surface area (Å²) in [7, 11) is 0.820. The number of fused-ring (bicyclic) bond motifs is 2. The average molecular weight is 613 g/mol. The van der Waals surface area contributed by atoms with E-state index in [4.69, 9.17) is 30.5 Å². The summed E-state index contributed by atoms with van der Waals surface area (Å²) in [4.78, 5) is 52.2. The Labute approximate surface area is 255 Å². The summed E-state index contributed by atoms with van der Waals surface area (Å²) in [5.41, 5.74) is -4.55. The summed E-state index contributed by atoms with van der Waals surface area (Å²) in [5, 5.41) is 26.6. The van der Waals surface area contributed by atoms with Gasteiger partial charge in [-0.3, -0.25) is 9.59 Å². The first kappa shape index (κ1) is 31.8. The molecule has 0 spiro atoms. The maximum Gasteiger partial charge on any atom is 0.658 e. The summed E-state index contributed by atoms with van der Waals surface area (Å²) in [6, 6.07) is 8.67. The van der Waals surface area contributed by atoms with Gasteiger partial charge in [0.25, 0.3) is 11.1 Å². The minimum absolute atomic E-state index is 0.0525. The van der Waals surface area contributed by atoms with E-state index in [2.05, 4.69) is 10.2 Å². The third-order valence-corrected chi connectivity index (χ3v) is 5.79. The fourth-order valence-corrected chi connectivity index (χ4v) is 4.11. The number of nitrogen functional groups attached to an aromatic ring is 2. The zero-order chi connectivity index (χ0) is 33.4. The van der Waals surface area contributed by atoms with Gasteiger partial charge in [-0.15, -0.1) is 19.8 Å². The highest BCUT2D eigenvalue weighted by atomic mass is 16.6. The lowest BCUT2D eigenvalue weighted by molar-refractivity contribution is 0.00507. The topological polar surface area (TPSA) is 240 Å². The molecule has 1 radical (unpaired) electrons. The third-order valence-electron chi connectivity index (χ3n) is 5.79. The third kappa shape index (κ3) is 6.62. The van der Waals surface area contributed by atoms with Crippen molar-refractivity contribution < 1.29 is 28.4 Å². The number of nitriles is 2. The van der Waals surface area contributed by atoms with Crippen LogP contribution in [-0.2, 0) is 9.47 Å². The van der Waals surface area contributed by atoms with Crippen molar-refractivity contribution in [2.75, 3.05) is 11.7 Å². The van der Waals surface area contributed by atoms with E-state index in [0.29, 0.717) is 9.58 Å². The molecule has 0 saturated heterocycles. The number of benzene rings is 2. The van der Waals surface area contributed by atoms with Crippen LogP contribution >= 0.6 is 0 Å². The summed E-state index contributed by atoms with van der Waals surface area (Å²) < 4.78 is 21.8. The smallest absolute Gasteiger partial charge is 0.526 e. The van der Waals surface area contributed by atoms with Gasteiger partial charge in [0.2, 0.25) is 0 Å². The van der Waals surface area contributed by atoms with E-state index in [9.17, 15) is 29.7 Å². The molecule has 0 aliphatic rings. The second kappa shape index (κ2) is 11.5. The molecule has 0 aliphatic carbocycles. The number of aromatic nitrogens is 4. The van der Waals surface area contributed by atoms with Crippen molar-refractivity contribution in [1.82, 2.24) is 19.8 Å². The van der Waals surface area contributed by atoms with Gasteiger partial charge in [0.05, 0.1) is 21.9 Å². The Bertz CT molecular complexity index is 1950. The van der Waals surface area contributed by atoms with Gasteiger partial charge < -0.3 is 30.5 Å². The molecule has 17 heteroatoms. The molecule has 2 aromatic heterocycles. The highest BCUT2D eigenvalue weighted by Crippen LogP contribution is 2.28. The van der Waals surface area contributed by atoms with Gasteiger partial charge in [-0.2, -0.15) is 10.5 Å². The van der Waals surface area contributed by atoms with Crippen LogP contribution in [0.2, 0.25) is 0 Å². The predicted molar refractivity (Wildman–Crippen MR) is 159 cm³/mol. The molecular formula is C28H26BN8O8. The average Bonchev–Trinajstić information content (AvgIpc) is 2.93. The number of carbonyl (C=O) groups is 2. The van der Waals surface area contributed by atoms with E-state index < -0.39 is 34.3 Å². The van der Waals surface area contributed by atoms with Gasteiger partial charge in [-0.05, 0) is 65.8 Å². The highest BCUT2D eigenvalue weighted by Gasteiger charge is 2.27. The number of hydrogen-bond donors (Lipinski definition) is 2. The number of rotatable bonds is 6. The van der Waals surface area contributed by atoms with Gasteiger partial charge >= 0.3 is 19.6 Å². The Morgan fingerprint density at radius 1 is 0.733 bits per heavy atom. The predicted octanol–water partition coefficient (Wildman–Crippen LogP) is 1.18. The van der Waals surface area contributed by atoms with Gasteiger partial charge in [0.1, 0.15) is 34.8 Å². The molecule has 4 aromatic rings. The lowest BCUT2D eigenvalue weighted by Gasteiger charge is -2.20. The summed E-state index contributed by atoms with van der Waals surface area (Å²) in [6.07, 6.45) is 0. The van der Waals surface area contributed by atoms with Gasteiger partial charge in [-0.25, -0.2) is 9.59 Å². The van der Waals surface area contributed by atoms with E-state index in [1.165, 1.54) is 24.3 Å². The monoisotopic (exact) mass is 613 g/mol. The second-order valence-corrected chi connectivity index (χ2v) is 11.5. The molecule has 0 atom stereocenters. The van der Waals surface area contributed by atoms with E-state index in [1.54, 1.807) is 41.5 Å². The zero-order valence-corrected chi connectivity index (χ0v) is 25.0. The Kier molecular flexibility index (Phi) is 8.16. The quantitative estimate of drug-likeness (QED) is 0.176. The van der Waals surface area contributed by atoms with E-state index in [0.717, 1.165) is 7.69 Å². The molecule has 0 amide bonds. The largest absolute Gasteiger partial charge is 0.658 e. The maximum absolute atomic E-state index is 12.9. The first-order chi connectivity index (χ1) is 20.9. The first-order valence-electron chi connectivity index (χ1n) is 13.1. The molecule has 0 bridgehead atoms. The Hall–Kier alpha value is -6.10. The minimum atomic E-state index is -0.910. The van der Waals surface area contributed by atoms with Gasteiger partial charge in [-0.1, -0.05) is 0 Å². The molecule has 229 valence electrons. The van der Waals surface area contributed by atoms with Crippen LogP contribution in [0.3, 0.4) is 0 Å². The Morgan fingerprint density at radius 2 is 1.09 bits per heavy atom. The zero-order valence-electron chi connectivity index (χ0n) is 25.0. The number of hydrogen-bond acceptors (Lipinski definition) is 14. The van der Waals surface area contributed by atoms with Crippen LogP contribution in [0.4, 0.5) is 0 Å². The number of nitrogens with zero attached hydrogens (tertiary/aromatic N) is 6. The van der Waals surface area contributed by atoms with Crippen molar-refractivity contribution in [3.05, 3.63) is 67.5 Å². The molecule has 2 aromatic carbocycles. The molecule has 16 nitrogen and oxygen atoms in total. The van der Waals surface area contributed by atoms with Crippen LogP contribution in [0.25, 0.3) is 21.5 Å². The van der Waals surface area contributed by atoms with Crippen LogP contribution in [0, 0.1) is 22.7 Å². The number of nitrogens with two attached hydrogens (primary N) is 2. The lowest BCUT2D eigenvalue weighted by Crippen LogP contribution is -2.34. The molecule has 0 aliphatic heterocycles. The SMILES string of the molecule is CC(C)(C)OC(=O)c1nn(N)c(=O)c2c(C#N)cc(O[B]Oc3cc(C#N)c4c(=O)n(N)nc(C(=O)OC(C)(C)C)c4c3)cc12. The maximum atomic E-state index is 12.9. The molecule has 0 unspecified atom stereocenters. The van der Waals surface area contributed by atoms with Crippen LogP contribution in [0.5, 0.6) is 11.5 Å². The molecule has 4 N–H and O–H groups in total. The molecule has 2 heterocycles. The molecular weight excluding hydrogens is 587 g/mol. The second-order valence-electron chi connectivity index (χ2n) is 11.5. The van der Waals surface area contributed by atoms with Crippen molar-refractivity contribution >= 4 is 41.2 Å². The van der Waals surface area contributed by atoms with E-state index >= 15 is 0 Å². The van der Waals surface area contributed by atoms with Gasteiger partial charge in [0.15, 0.2) is 11.4 Å². The highest BCUT2D eigenvalue weighted by molar-refractivity contribution is 6.21. The van der Waals surface area contributed by atoms with Crippen LogP contribution in [0.1, 0.15) is 73.6 Å². The Balaban J connectivity index is 1.74. The van der Waals surface area contributed by atoms with E-state index in [1.807, 2.05) is 12.1 Å². The molecule has 45 heavy (non-hydrogen) atoms. The summed E-state index contributed by atoms with van der Waals surface area (Å²) in [6.45, 7) is 9.81. The minimum Gasteiger partial charge on any atom is -0.526 e. The molecule has 0 saturated carbocycles. The number of esters is 2. The lowest BCUT2D eigenvalue weighted by atomic mass is 10.0. The summed E-state index contributed by atoms with van der Waals surface area (Å²) >= 11 is 0. The summed E-state index contributed by atoms with van der Waals surface area (Å²) in [5.74, 6) is 9.43. The molecule has 0 fully saturated rings. The van der Waals surface area contributed by atoms with Crippen molar-refractivity contribution in [2.24, 2.45) is 0 Å². The van der Waals surface area contributed by atoms with Crippen LogP contribution in [-0.4, -0.2) is 50.6 Å². The fourth-order valence-electron chi connectivity index (χ4n) is 4.11. The van der Waals surface area contributed by atoms with E-state index in [-0.39, 0.29) is 55.6 Å². The van der Waals surface area contributed by atoms with Crippen LogP contribution < -0.4 is 32.1 Å². The fraction of sp³-hybridized carbons (Fsp3) is 0.286. The normalized spacial score (nSPS) is 11.4. The van der Waals surface area contributed by atoms with Gasteiger partial charge in [0, 0.05) is 10.8 Å². The van der Waals surface area contributed by atoms with Crippen molar-refractivity contribution in [2.45, 2.75) is 52.7 Å². The van der Waals surface area contributed by atoms with Crippen molar-refractivity contribution in [3.8, 4) is 23.6 Å².